The SMILES string of the molecule is O=C([O-])C(F)(C(F)(F)C(F)(F)F)C(F)(F)C(F)(F)C(F)(F)C(F)(F)F.[NH4+]. The van der Waals surface area contributed by atoms with Crippen LogP contribution in [0.15, 0.2) is 0 Å². The van der Waals surface area contributed by atoms with Gasteiger partial charge < -0.3 is 16.1 Å². The van der Waals surface area contributed by atoms with Crippen molar-refractivity contribution in [1.82, 2.24) is 6.15 Å². The molecule has 0 fully saturated rings. The largest absolute Gasteiger partial charge is 0.546 e. The average molecular weight is 431 g/mol. The third kappa shape index (κ3) is 3.00. The van der Waals surface area contributed by atoms with Crippen LogP contribution in [0.3, 0.4) is 0 Å². The molecule has 0 saturated heterocycles. The van der Waals surface area contributed by atoms with E-state index in [1.54, 1.807) is 0 Å². The third-order valence-corrected chi connectivity index (χ3v) is 2.65. The molecule has 0 aliphatic rings. The third-order valence-electron chi connectivity index (χ3n) is 2.65. The van der Waals surface area contributed by atoms with Gasteiger partial charge in [-0.15, -0.1) is 0 Å². The first-order chi connectivity index (χ1) is 10.4. The summed E-state index contributed by atoms with van der Waals surface area (Å²) in [6.45, 7) is 0. The highest BCUT2D eigenvalue weighted by Gasteiger charge is 2.93. The molecule has 0 aromatic heterocycles. The first-order valence-electron chi connectivity index (χ1n) is 4.99. The lowest BCUT2D eigenvalue weighted by atomic mass is 9.83. The molecular weight excluding hydrogens is 427 g/mol. The zero-order valence-electron chi connectivity index (χ0n) is 11.5. The fourth-order valence-electron chi connectivity index (χ4n) is 1.24. The molecule has 3 nitrogen and oxygen atoms in total. The highest BCUT2D eigenvalue weighted by Crippen LogP contribution is 2.61. The summed E-state index contributed by atoms with van der Waals surface area (Å²) in [5, 5.41) is 9.98. The second kappa shape index (κ2) is 6.22. The normalized spacial score (nSPS) is 17.3. The van der Waals surface area contributed by atoms with Gasteiger partial charge in [0.05, 0.1) is 5.97 Å². The maximum Gasteiger partial charge on any atom is 0.460 e. The van der Waals surface area contributed by atoms with E-state index in [2.05, 4.69) is 0 Å². The zero-order valence-corrected chi connectivity index (χ0v) is 11.5. The number of hydrogen-bond acceptors (Lipinski definition) is 2. The minimum Gasteiger partial charge on any atom is -0.546 e. The summed E-state index contributed by atoms with van der Waals surface area (Å²) in [6, 6.07) is 0. The van der Waals surface area contributed by atoms with E-state index in [0.29, 0.717) is 0 Å². The van der Waals surface area contributed by atoms with Gasteiger partial charge in [-0.05, 0) is 0 Å². The lowest BCUT2D eigenvalue weighted by molar-refractivity contribution is -0.447. The molecule has 1 unspecified atom stereocenters. The molecule has 0 saturated carbocycles. The van der Waals surface area contributed by atoms with Crippen molar-refractivity contribution in [1.29, 1.82) is 0 Å². The Hall–Kier alpha value is -1.62. The van der Waals surface area contributed by atoms with Crippen molar-refractivity contribution in [3.05, 3.63) is 0 Å². The topological polar surface area (TPSA) is 76.6 Å². The maximum atomic E-state index is 13.3. The summed E-state index contributed by atoms with van der Waals surface area (Å²) in [7, 11) is 0. The van der Waals surface area contributed by atoms with Crippen molar-refractivity contribution in [2.45, 2.75) is 41.7 Å². The van der Waals surface area contributed by atoms with E-state index in [9.17, 15) is 75.8 Å². The summed E-state index contributed by atoms with van der Waals surface area (Å²) in [6.07, 6.45) is -15.4. The van der Waals surface area contributed by atoms with Crippen molar-refractivity contribution < 1.29 is 75.8 Å². The van der Waals surface area contributed by atoms with Gasteiger partial charge in [0.1, 0.15) is 0 Å². The summed E-state index contributed by atoms with van der Waals surface area (Å²) in [5.41, 5.74) is -8.03. The van der Waals surface area contributed by atoms with E-state index in [4.69, 9.17) is 0 Å². The Morgan fingerprint density at radius 3 is 0.962 bits per heavy atom. The van der Waals surface area contributed by atoms with Crippen LogP contribution in [0, 0.1) is 0 Å². The van der Waals surface area contributed by atoms with Crippen molar-refractivity contribution in [2.24, 2.45) is 0 Å². The number of carbonyl (C=O) groups is 1. The highest BCUT2D eigenvalue weighted by atomic mass is 19.4. The Morgan fingerprint density at radius 2 is 0.769 bits per heavy atom. The Morgan fingerprint density at radius 1 is 0.500 bits per heavy atom. The Balaban J connectivity index is 0. The average Bonchev–Trinajstić information content (AvgIpc) is 2.33. The van der Waals surface area contributed by atoms with Crippen LogP contribution in [0.2, 0.25) is 0 Å². The van der Waals surface area contributed by atoms with Crippen molar-refractivity contribution in [3.8, 4) is 0 Å². The summed E-state index contributed by atoms with van der Waals surface area (Å²) in [4.78, 5) is 9.98. The van der Waals surface area contributed by atoms with Gasteiger partial charge in [-0.25, -0.2) is 4.39 Å². The quantitative estimate of drug-likeness (QED) is 0.677. The van der Waals surface area contributed by atoms with Crippen molar-refractivity contribution >= 4 is 5.97 Å². The van der Waals surface area contributed by atoms with E-state index >= 15 is 0 Å². The molecule has 1 atom stereocenters. The fourth-order valence-corrected chi connectivity index (χ4v) is 1.24. The number of carboxylic acids is 1. The Labute approximate surface area is 131 Å². The predicted molar refractivity (Wildman–Crippen MR) is 46.7 cm³/mol. The molecular formula is C8H4F15NO2. The van der Waals surface area contributed by atoms with Gasteiger partial charge in [0.15, 0.2) is 0 Å². The number of quaternary nitrogens is 1. The number of carboxylic acid groups (broad SMARTS) is 1. The molecule has 18 heteroatoms. The van der Waals surface area contributed by atoms with Gasteiger partial charge in [-0.3, -0.25) is 0 Å². The van der Waals surface area contributed by atoms with Crippen molar-refractivity contribution in [3.63, 3.8) is 0 Å². The highest BCUT2D eigenvalue weighted by molar-refractivity contribution is 5.79. The zero-order chi connectivity index (χ0) is 21.1. The molecule has 0 aromatic carbocycles. The number of rotatable bonds is 5. The number of hydrogen-bond donors (Lipinski definition) is 1. The molecule has 0 aliphatic heterocycles. The van der Waals surface area contributed by atoms with Crippen LogP contribution in [-0.4, -0.2) is 47.7 Å². The van der Waals surface area contributed by atoms with Crippen LogP contribution in [0.5, 0.6) is 0 Å². The number of halogens is 15. The van der Waals surface area contributed by atoms with Crippen LogP contribution in [0.1, 0.15) is 0 Å². The second-order valence-corrected chi connectivity index (χ2v) is 4.24. The lowest BCUT2D eigenvalue weighted by Gasteiger charge is -2.44. The molecule has 26 heavy (non-hydrogen) atoms. The number of aliphatic carboxylic acids is 1. The van der Waals surface area contributed by atoms with Gasteiger partial charge in [0.25, 0.3) is 5.67 Å². The van der Waals surface area contributed by atoms with Gasteiger partial charge in [-0.1, -0.05) is 0 Å². The predicted octanol–water partition coefficient (Wildman–Crippen LogP) is 3.49. The molecule has 0 heterocycles. The monoisotopic (exact) mass is 431 g/mol. The van der Waals surface area contributed by atoms with E-state index in [-0.39, 0.29) is 6.15 Å². The van der Waals surface area contributed by atoms with Crippen LogP contribution in [-0.2, 0) is 4.79 Å². The molecule has 0 spiro atoms. The van der Waals surface area contributed by atoms with Crippen LogP contribution in [0.25, 0.3) is 0 Å². The number of alkyl halides is 15. The van der Waals surface area contributed by atoms with E-state index < -0.39 is 47.7 Å². The van der Waals surface area contributed by atoms with Gasteiger partial charge >= 0.3 is 36.0 Å². The molecule has 0 aromatic rings. The standard InChI is InChI=1S/C8HF15O2.H3N/c9-2(1(24)25,4(12,13)7(18,19)20)3(10,11)5(14,15)6(16,17)8(21,22)23;/h(H,24,25);1H3. The molecule has 0 rings (SSSR count). The molecule has 4 N–H and O–H groups in total. The summed E-state index contributed by atoms with van der Waals surface area (Å²) >= 11 is 0. The van der Waals surface area contributed by atoms with Crippen LogP contribution >= 0.6 is 0 Å². The van der Waals surface area contributed by atoms with E-state index in [1.165, 1.54) is 0 Å². The lowest BCUT2D eigenvalue weighted by Crippen LogP contribution is -2.78. The first kappa shape index (κ1) is 26.6. The summed E-state index contributed by atoms with van der Waals surface area (Å²) in [5.74, 6) is -38.0. The first-order valence-corrected chi connectivity index (χ1v) is 4.99. The molecule has 0 radical (unpaired) electrons. The molecule has 158 valence electrons. The van der Waals surface area contributed by atoms with Gasteiger partial charge in [-0.2, -0.15) is 61.5 Å². The van der Waals surface area contributed by atoms with Gasteiger partial charge in [0.2, 0.25) is 0 Å². The van der Waals surface area contributed by atoms with Gasteiger partial charge in [0, 0.05) is 0 Å². The molecule has 0 aliphatic carbocycles. The molecule has 0 amide bonds. The maximum absolute atomic E-state index is 13.3. The van der Waals surface area contributed by atoms with Crippen LogP contribution in [0.4, 0.5) is 65.9 Å². The second-order valence-electron chi connectivity index (χ2n) is 4.24. The molecule has 0 bridgehead atoms. The van der Waals surface area contributed by atoms with E-state index in [1.807, 2.05) is 0 Å². The Kier molecular flexibility index (Phi) is 6.37. The Bertz CT molecular complexity index is 535. The fraction of sp³-hybridized carbons (Fsp3) is 0.875. The number of carbonyl (C=O) groups excluding carboxylic acids is 1. The van der Waals surface area contributed by atoms with E-state index in [0.717, 1.165) is 0 Å². The minimum atomic E-state index is -8.45. The smallest absolute Gasteiger partial charge is 0.460 e. The van der Waals surface area contributed by atoms with Crippen molar-refractivity contribution in [2.75, 3.05) is 0 Å². The minimum absolute atomic E-state index is 0. The van der Waals surface area contributed by atoms with Crippen LogP contribution < -0.4 is 11.3 Å². The summed E-state index contributed by atoms with van der Waals surface area (Å²) < 4.78 is 186.